The van der Waals surface area contributed by atoms with Gasteiger partial charge in [0.25, 0.3) is 0 Å². The monoisotopic (exact) mass is 788 g/mol. The number of benzene rings is 3. The summed E-state index contributed by atoms with van der Waals surface area (Å²) in [6.07, 6.45) is 1.64. The van der Waals surface area contributed by atoms with E-state index in [2.05, 4.69) is 103 Å². The van der Waals surface area contributed by atoms with E-state index in [1.807, 2.05) is 24.3 Å². The summed E-state index contributed by atoms with van der Waals surface area (Å²) in [6, 6.07) is 19.6. The van der Waals surface area contributed by atoms with Crippen LogP contribution >= 0.6 is 91.1 Å². The first kappa shape index (κ1) is 25.1. The molecule has 0 unspecified atom stereocenters. The molecular weight excluding hydrogens is 772 g/mol. The van der Waals surface area contributed by atoms with Crippen LogP contribution in [0.3, 0.4) is 0 Å². The maximum atomic E-state index is 12.0. The van der Waals surface area contributed by atoms with E-state index in [9.17, 15) is 4.79 Å². The summed E-state index contributed by atoms with van der Waals surface area (Å²) < 4.78 is 9.20. The van der Waals surface area contributed by atoms with Crippen LogP contribution in [0.2, 0.25) is 5.02 Å². The van der Waals surface area contributed by atoms with Crippen LogP contribution in [0, 0.1) is 10.7 Å². The van der Waals surface area contributed by atoms with Crippen LogP contribution < -0.4 is 10.2 Å². The molecule has 0 saturated carbocycles. The standard InChI is InChI=1S/C22H16ClI3N2O2S/c23-16-3-7-18(8-4-16)31-13-21(29)28-27-11-15-9-19(25)22(20(26)10-15)30-12-14-1-5-17(24)6-2-14/h1-11H,12-13H2,(H,28,29)/b27-11-. The Morgan fingerprint density at radius 2 is 1.68 bits per heavy atom. The Kier molecular flexibility index (Phi) is 10.2. The molecule has 0 radical (unpaired) electrons. The van der Waals surface area contributed by atoms with Crippen molar-refractivity contribution in [2.24, 2.45) is 5.10 Å². The smallest absolute Gasteiger partial charge is 0.250 e. The van der Waals surface area contributed by atoms with Crippen LogP contribution in [0.4, 0.5) is 0 Å². The van der Waals surface area contributed by atoms with E-state index in [4.69, 9.17) is 16.3 Å². The quantitative estimate of drug-likeness (QED) is 0.116. The highest BCUT2D eigenvalue weighted by atomic mass is 127. The number of ether oxygens (including phenoxy) is 1. The molecular formula is C22H16ClI3N2O2S. The van der Waals surface area contributed by atoms with Gasteiger partial charge in [-0.15, -0.1) is 11.8 Å². The lowest BCUT2D eigenvalue weighted by atomic mass is 10.2. The van der Waals surface area contributed by atoms with Crippen molar-refractivity contribution in [2.45, 2.75) is 11.5 Å². The molecule has 0 aliphatic rings. The average molecular weight is 789 g/mol. The second kappa shape index (κ2) is 12.6. The number of carbonyl (C=O) groups is 1. The molecule has 0 aromatic heterocycles. The lowest BCUT2D eigenvalue weighted by Crippen LogP contribution is -2.19. The number of nitrogens with zero attached hydrogens (tertiary/aromatic N) is 1. The summed E-state index contributed by atoms with van der Waals surface area (Å²) in [6.45, 7) is 0.512. The van der Waals surface area contributed by atoms with E-state index in [1.165, 1.54) is 15.3 Å². The van der Waals surface area contributed by atoms with Gasteiger partial charge in [-0.3, -0.25) is 4.79 Å². The first-order chi connectivity index (χ1) is 14.9. The van der Waals surface area contributed by atoms with E-state index >= 15 is 0 Å². The van der Waals surface area contributed by atoms with Gasteiger partial charge in [0, 0.05) is 13.5 Å². The summed E-state index contributed by atoms with van der Waals surface area (Å²) in [5.74, 6) is 0.956. The molecule has 3 rings (SSSR count). The summed E-state index contributed by atoms with van der Waals surface area (Å²) in [5.41, 5.74) is 4.58. The van der Waals surface area contributed by atoms with Crippen molar-refractivity contribution < 1.29 is 9.53 Å². The first-order valence-corrected chi connectivity index (χ1v) is 13.6. The number of hydrogen-bond donors (Lipinski definition) is 1. The molecule has 4 nitrogen and oxygen atoms in total. The highest BCUT2D eigenvalue weighted by Crippen LogP contribution is 2.29. The normalized spacial score (nSPS) is 11.0. The van der Waals surface area contributed by atoms with Crippen molar-refractivity contribution in [1.82, 2.24) is 5.43 Å². The molecule has 0 saturated heterocycles. The maximum absolute atomic E-state index is 12.0. The van der Waals surface area contributed by atoms with Crippen molar-refractivity contribution in [2.75, 3.05) is 5.75 Å². The maximum Gasteiger partial charge on any atom is 0.250 e. The molecule has 0 spiro atoms. The number of hydrogen-bond acceptors (Lipinski definition) is 4. The zero-order chi connectivity index (χ0) is 22.2. The van der Waals surface area contributed by atoms with E-state index < -0.39 is 0 Å². The average Bonchev–Trinajstić information content (AvgIpc) is 2.74. The fourth-order valence-electron chi connectivity index (χ4n) is 2.42. The molecule has 0 bridgehead atoms. The van der Waals surface area contributed by atoms with Crippen LogP contribution in [0.25, 0.3) is 0 Å². The second-order valence-corrected chi connectivity index (χ2v) is 11.3. The molecule has 0 atom stereocenters. The lowest BCUT2D eigenvalue weighted by molar-refractivity contribution is -0.118. The van der Waals surface area contributed by atoms with Crippen molar-refractivity contribution in [3.63, 3.8) is 0 Å². The Morgan fingerprint density at radius 1 is 1.03 bits per heavy atom. The van der Waals surface area contributed by atoms with Gasteiger partial charge >= 0.3 is 0 Å². The number of rotatable bonds is 8. The van der Waals surface area contributed by atoms with Gasteiger partial charge in [0.15, 0.2) is 0 Å². The van der Waals surface area contributed by atoms with Gasteiger partial charge in [-0.1, -0.05) is 23.7 Å². The van der Waals surface area contributed by atoms with Crippen molar-refractivity contribution in [3.05, 3.63) is 87.5 Å². The summed E-state index contributed by atoms with van der Waals surface area (Å²) in [5, 5.41) is 4.75. The first-order valence-electron chi connectivity index (χ1n) is 8.97. The minimum atomic E-state index is -0.168. The molecule has 3 aromatic carbocycles. The fourth-order valence-corrected chi connectivity index (χ4v) is 5.72. The molecule has 0 aliphatic heterocycles. The molecule has 9 heteroatoms. The van der Waals surface area contributed by atoms with Crippen molar-refractivity contribution in [3.8, 4) is 5.75 Å². The molecule has 0 aliphatic carbocycles. The number of amides is 1. The topological polar surface area (TPSA) is 50.7 Å². The third kappa shape index (κ3) is 8.37. The van der Waals surface area contributed by atoms with E-state index in [0.717, 1.165) is 28.9 Å². The van der Waals surface area contributed by atoms with E-state index in [1.54, 1.807) is 18.3 Å². The molecule has 3 aromatic rings. The van der Waals surface area contributed by atoms with Gasteiger partial charge in [-0.25, -0.2) is 5.43 Å². The van der Waals surface area contributed by atoms with Gasteiger partial charge in [0.1, 0.15) is 12.4 Å². The van der Waals surface area contributed by atoms with Gasteiger partial charge in [-0.05, 0) is 127 Å². The van der Waals surface area contributed by atoms with Gasteiger partial charge < -0.3 is 4.74 Å². The summed E-state index contributed by atoms with van der Waals surface area (Å²) in [4.78, 5) is 13.0. The number of nitrogens with one attached hydrogen (secondary N) is 1. The van der Waals surface area contributed by atoms with E-state index in [-0.39, 0.29) is 11.7 Å². The molecule has 31 heavy (non-hydrogen) atoms. The Labute approximate surface area is 231 Å². The fraction of sp³-hybridized carbons (Fsp3) is 0.0909. The number of hydrazone groups is 1. The Balaban J connectivity index is 1.52. The van der Waals surface area contributed by atoms with Gasteiger partial charge in [0.2, 0.25) is 5.91 Å². The summed E-state index contributed by atoms with van der Waals surface area (Å²) >= 11 is 14.1. The third-order valence-electron chi connectivity index (χ3n) is 3.90. The van der Waals surface area contributed by atoms with Crippen molar-refractivity contribution in [1.29, 1.82) is 0 Å². The zero-order valence-corrected chi connectivity index (χ0v) is 24.0. The predicted octanol–water partition coefficient (Wildman–Crippen LogP) is 6.98. The van der Waals surface area contributed by atoms with Crippen LogP contribution in [0.5, 0.6) is 5.75 Å². The SMILES string of the molecule is O=C(CSc1ccc(Cl)cc1)N/N=C\c1cc(I)c(OCc2ccc(I)cc2)c(I)c1. The highest BCUT2D eigenvalue weighted by molar-refractivity contribution is 14.1. The second-order valence-electron chi connectivity index (χ2n) is 6.26. The minimum Gasteiger partial charge on any atom is -0.487 e. The molecule has 160 valence electrons. The zero-order valence-electron chi connectivity index (χ0n) is 15.9. The Bertz CT molecular complexity index is 1050. The van der Waals surface area contributed by atoms with Crippen LogP contribution in [-0.2, 0) is 11.4 Å². The summed E-state index contributed by atoms with van der Waals surface area (Å²) in [7, 11) is 0. The van der Waals surface area contributed by atoms with E-state index in [0.29, 0.717) is 11.6 Å². The molecule has 1 amide bonds. The van der Waals surface area contributed by atoms with Gasteiger partial charge in [-0.2, -0.15) is 5.10 Å². The molecule has 0 fully saturated rings. The highest BCUT2D eigenvalue weighted by Gasteiger charge is 2.09. The van der Waals surface area contributed by atoms with Crippen LogP contribution in [-0.4, -0.2) is 17.9 Å². The molecule has 0 heterocycles. The van der Waals surface area contributed by atoms with Crippen molar-refractivity contribution >= 4 is 103 Å². The Morgan fingerprint density at radius 3 is 2.32 bits per heavy atom. The minimum absolute atomic E-state index is 0.168. The van der Waals surface area contributed by atoms with Gasteiger partial charge in [0.05, 0.1) is 19.1 Å². The molecule has 1 N–H and O–H groups in total. The van der Waals surface area contributed by atoms with Crippen LogP contribution in [0.1, 0.15) is 11.1 Å². The third-order valence-corrected chi connectivity index (χ3v) is 7.49. The number of carbonyl (C=O) groups excluding carboxylic acids is 1. The largest absolute Gasteiger partial charge is 0.487 e. The number of thioether (sulfide) groups is 1. The predicted molar refractivity (Wildman–Crippen MR) is 153 cm³/mol. The number of halogens is 4. The lowest BCUT2D eigenvalue weighted by Gasteiger charge is -2.11. The van der Waals surface area contributed by atoms with Crippen LogP contribution in [0.15, 0.2) is 70.7 Å². The Hall–Kier alpha value is -0.570.